The maximum absolute atomic E-state index is 12.3. The molecule has 0 unspecified atom stereocenters. The number of anilines is 10. The van der Waals surface area contributed by atoms with Gasteiger partial charge in [-0.2, -0.15) is 29.9 Å². The summed E-state index contributed by atoms with van der Waals surface area (Å²) < 4.78 is 83.5. The number of benzene rings is 4. The minimum absolute atomic E-state index is 0. The van der Waals surface area contributed by atoms with Gasteiger partial charge in [-0.15, -0.1) is 0 Å². The summed E-state index contributed by atoms with van der Waals surface area (Å²) in [5, 5.41) is 11.5. The van der Waals surface area contributed by atoms with Gasteiger partial charge in [0.05, 0.1) is 9.79 Å². The average Bonchev–Trinajstić information content (AvgIpc) is 3.21. The number of nitrogens with one attached hydrogen (secondary N) is 4. The largest absolute Gasteiger partial charge is 1.00 e. The fourth-order valence-corrected chi connectivity index (χ4v) is 6.48. The van der Waals surface area contributed by atoms with E-state index in [1.54, 1.807) is 48.5 Å². The molecule has 4 aromatic carbocycles. The van der Waals surface area contributed by atoms with Crippen LogP contribution in [0.1, 0.15) is 38.8 Å². The van der Waals surface area contributed by atoms with Gasteiger partial charge in [0.1, 0.15) is 20.2 Å². The summed E-state index contributed by atoms with van der Waals surface area (Å²) in [5.41, 5.74) is 13.0. The van der Waals surface area contributed by atoms with Gasteiger partial charge in [0.15, 0.2) is 0 Å². The normalized spacial score (nSPS) is 10.8. The number of nitrogens with two attached hydrogens (primary N) is 2. The Morgan fingerprint density at radius 1 is 0.484 bits per heavy atom. The van der Waals surface area contributed by atoms with Gasteiger partial charge in [-0.3, -0.25) is 0 Å². The summed E-state index contributed by atoms with van der Waals surface area (Å²) in [6, 6.07) is 25.5. The van der Waals surface area contributed by atoms with Gasteiger partial charge in [-0.05, 0) is 87.4 Å². The zero-order chi connectivity index (χ0) is 45.1. The Morgan fingerprint density at radius 3 is 1.05 bits per heavy atom. The van der Waals surface area contributed by atoms with E-state index < -0.39 is 30.0 Å². The summed E-state index contributed by atoms with van der Waals surface area (Å²) in [7, 11) is -10.1. The molecule has 0 aliphatic carbocycles. The molecule has 0 bridgehead atoms. The Labute approximate surface area is 416 Å². The van der Waals surface area contributed by atoms with E-state index in [2.05, 4.69) is 51.2 Å². The van der Waals surface area contributed by atoms with Crippen molar-refractivity contribution in [1.82, 2.24) is 29.9 Å². The first-order valence-corrected chi connectivity index (χ1v) is 21.7. The average molecular weight is 933 g/mol. The summed E-state index contributed by atoms with van der Waals surface area (Å²) >= 11 is 0. The maximum Gasteiger partial charge on any atom is 1.00 e. The zero-order valence-electron chi connectivity index (χ0n) is 36.1. The molecule has 64 heavy (non-hydrogen) atoms. The number of nitrogen functional groups attached to an aromatic ring is 2. The molecule has 8 N–H and O–H groups in total. The van der Waals surface area contributed by atoms with Crippen LogP contribution in [0.3, 0.4) is 0 Å². The molecule has 2 aromatic heterocycles. The van der Waals surface area contributed by atoms with Crippen LogP contribution in [0.15, 0.2) is 107 Å². The third-order valence-electron chi connectivity index (χ3n) is 7.70. The molecule has 6 rings (SSSR count). The molecule has 0 aliphatic heterocycles. The van der Waals surface area contributed by atoms with Crippen LogP contribution in [0.2, 0.25) is 0 Å². The van der Waals surface area contributed by atoms with Crippen molar-refractivity contribution in [1.29, 1.82) is 0 Å². The second-order valence-corrected chi connectivity index (χ2v) is 14.9. The van der Waals surface area contributed by atoms with Crippen molar-refractivity contribution in [3.8, 4) is 0 Å². The second kappa shape index (κ2) is 27.5. The molecule has 0 saturated heterocycles. The molecular formula is C40H46N12Na2O8S2. The van der Waals surface area contributed by atoms with Crippen LogP contribution in [0.5, 0.6) is 0 Å². The standard InChI is InChI=1S/C32H28N12O6S2.2C4H10O.2Na/c33-27-39-29(35-21-7-3-1-4-8-21)43-31(41-27)37-23-15-13-19(25(17-23)51(45,46)47)11-12-20-14-16-24(18-26(20)52(48,49)50)38-32-42-28(34)40-30(44-32)36-22-9-5-2-6-10-22;2*1-3-5-4-2;;/h1-18H,(H,45,46,47)(H,48,49,50)(H4,33,35,37,39,41,43)(H4,34,36,38,40,42,44);2*3-4H2,1-2H3;;/q;;;2*+1/p-2/b12-11+;;;;. The van der Waals surface area contributed by atoms with Gasteiger partial charge < -0.3 is 51.3 Å². The molecule has 0 amide bonds. The molecule has 0 saturated carbocycles. The van der Waals surface area contributed by atoms with Crippen molar-refractivity contribution in [2.24, 2.45) is 0 Å². The monoisotopic (exact) mass is 932 g/mol. The van der Waals surface area contributed by atoms with Gasteiger partial charge in [-0.25, -0.2) is 16.8 Å². The number of ether oxygens (including phenoxy) is 2. The van der Waals surface area contributed by atoms with Gasteiger partial charge >= 0.3 is 59.1 Å². The van der Waals surface area contributed by atoms with Gasteiger partial charge in [0.25, 0.3) is 0 Å². The van der Waals surface area contributed by atoms with E-state index in [1.807, 2.05) is 39.8 Å². The smallest absolute Gasteiger partial charge is 0.744 e. The predicted molar refractivity (Wildman–Crippen MR) is 237 cm³/mol. The van der Waals surface area contributed by atoms with Crippen molar-refractivity contribution in [2.75, 3.05) is 59.2 Å². The van der Waals surface area contributed by atoms with Crippen LogP contribution >= 0.6 is 0 Å². The molecule has 0 aliphatic rings. The summed E-state index contributed by atoms with van der Waals surface area (Å²) in [6.07, 6.45) is 2.37. The van der Waals surface area contributed by atoms with Crippen LogP contribution in [0.25, 0.3) is 12.2 Å². The molecule has 328 valence electrons. The SMILES string of the molecule is CCOCC.CCOCC.Nc1nc(Nc2ccccc2)nc(Nc2ccc(/C=C/c3ccc(Nc4nc(N)nc(Nc5ccccc5)n4)cc3S(=O)(=O)[O-])c(S(=O)(=O)[O-])c2)n1.[Na+].[Na+]. The number of rotatable bonds is 16. The van der Waals surface area contributed by atoms with Crippen LogP contribution < -0.4 is 91.8 Å². The topological polar surface area (TPSA) is 310 Å². The van der Waals surface area contributed by atoms with Crippen molar-refractivity contribution < 1.29 is 94.5 Å². The Balaban J connectivity index is 0.00000106. The Hall–Kier alpha value is -4.82. The molecular weight excluding hydrogens is 887 g/mol. The molecule has 0 spiro atoms. The minimum Gasteiger partial charge on any atom is -0.744 e. The summed E-state index contributed by atoms with van der Waals surface area (Å²) in [4.78, 5) is 23.2. The Kier molecular flexibility index (Phi) is 23.8. The van der Waals surface area contributed by atoms with Gasteiger partial charge in [-0.1, -0.05) is 60.7 Å². The first kappa shape index (κ1) is 55.3. The Bertz CT molecular complexity index is 2450. The fraction of sp³-hybridized carbons (Fsp3) is 0.200. The number of aromatic nitrogens is 6. The predicted octanol–water partition coefficient (Wildman–Crippen LogP) is 0.268. The first-order chi connectivity index (χ1) is 29.6. The van der Waals surface area contributed by atoms with Crippen molar-refractivity contribution in [2.45, 2.75) is 37.5 Å². The molecule has 0 atom stereocenters. The molecule has 2 heterocycles. The minimum atomic E-state index is -5.07. The van der Waals surface area contributed by atoms with Crippen LogP contribution in [0, 0.1) is 0 Å². The van der Waals surface area contributed by atoms with E-state index in [9.17, 15) is 25.9 Å². The second-order valence-electron chi connectivity index (χ2n) is 12.2. The third kappa shape index (κ3) is 18.7. The van der Waals surface area contributed by atoms with Crippen LogP contribution in [0.4, 0.5) is 58.4 Å². The Morgan fingerprint density at radius 2 is 0.781 bits per heavy atom. The third-order valence-corrected chi connectivity index (χ3v) is 9.49. The van der Waals surface area contributed by atoms with E-state index in [0.717, 1.165) is 38.6 Å². The van der Waals surface area contributed by atoms with E-state index in [1.165, 1.54) is 36.4 Å². The van der Waals surface area contributed by atoms with Gasteiger partial charge in [0.2, 0.25) is 35.7 Å². The zero-order valence-corrected chi connectivity index (χ0v) is 41.8. The molecule has 0 fully saturated rings. The van der Waals surface area contributed by atoms with Crippen LogP contribution in [-0.4, -0.2) is 82.3 Å². The summed E-state index contributed by atoms with van der Waals surface area (Å²) in [6.45, 7) is 11.3. The number of para-hydroxylation sites is 2. The van der Waals surface area contributed by atoms with Crippen LogP contribution in [-0.2, 0) is 29.7 Å². The quantitative estimate of drug-likeness (QED) is 0.0431. The molecule has 6 aromatic rings. The van der Waals surface area contributed by atoms with Crippen molar-refractivity contribution in [3.63, 3.8) is 0 Å². The van der Waals surface area contributed by atoms with Gasteiger partial charge in [0, 0.05) is 49.2 Å². The molecule has 0 radical (unpaired) electrons. The van der Waals surface area contributed by atoms with E-state index in [0.29, 0.717) is 11.4 Å². The van der Waals surface area contributed by atoms with E-state index in [-0.39, 0.29) is 117 Å². The summed E-state index contributed by atoms with van der Waals surface area (Å²) in [5.74, 6) is -0.174. The first-order valence-electron chi connectivity index (χ1n) is 18.9. The molecule has 24 heteroatoms. The fourth-order valence-electron chi connectivity index (χ4n) is 5.09. The van der Waals surface area contributed by atoms with E-state index >= 15 is 0 Å². The maximum atomic E-state index is 12.3. The molecule has 20 nitrogen and oxygen atoms in total. The number of hydrogen-bond acceptors (Lipinski definition) is 20. The number of nitrogens with zero attached hydrogens (tertiary/aromatic N) is 6. The van der Waals surface area contributed by atoms with Crippen molar-refractivity contribution >= 4 is 90.8 Å². The van der Waals surface area contributed by atoms with E-state index in [4.69, 9.17) is 20.9 Å². The van der Waals surface area contributed by atoms with Crippen molar-refractivity contribution in [3.05, 3.63) is 108 Å². The number of hydrogen-bond donors (Lipinski definition) is 6.